The SMILES string of the molecule is C=C(C)C(=O)CCC[N+](C)(C)C.O=[SH](=O)[O-]. The Hall–Kier alpha value is -0.720. The number of rotatable bonds is 5. The molecular formula is C10H21NO4S. The third-order valence-electron chi connectivity index (χ3n) is 1.71. The minimum Gasteiger partial charge on any atom is -0.750 e. The minimum absolute atomic E-state index is 0.198. The van der Waals surface area contributed by atoms with Gasteiger partial charge >= 0.3 is 0 Å². The quantitative estimate of drug-likeness (QED) is 0.331. The number of ketones is 1. The number of hydrogen-bond acceptors (Lipinski definition) is 4. The van der Waals surface area contributed by atoms with Crippen LogP contribution < -0.4 is 0 Å². The second-order valence-corrected chi connectivity index (χ2v) is 4.99. The Morgan fingerprint density at radius 3 is 1.94 bits per heavy atom. The first kappa shape index (κ1) is 17.7. The highest BCUT2D eigenvalue weighted by atomic mass is 32.2. The molecule has 0 aromatic heterocycles. The molecule has 0 aromatic rings. The zero-order valence-corrected chi connectivity index (χ0v) is 11.3. The minimum atomic E-state index is -3.37. The number of nitrogens with zero attached hydrogens (tertiary/aromatic N) is 1. The maximum atomic E-state index is 11.1. The number of carbonyl (C=O) groups is 1. The molecule has 0 heterocycles. The summed E-state index contributed by atoms with van der Waals surface area (Å²) in [5.41, 5.74) is 0.677. The summed E-state index contributed by atoms with van der Waals surface area (Å²) >= 11 is 0. The van der Waals surface area contributed by atoms with Crippen molar-refractivity contribution in [2.45, 2.75) is 19.8 Å². The Labute approximate surface area is 99.1 Å². The van der Waals surface area contributed by atoms with Gasteiger partial charge in [-0.15, -0.1) is 0 Å². The van der Waals surface area contributed by atoms with E-state index in [-0.39, 0.29) is 5.78 Å². The molecule has 0 unspecified atom stereocenters. The summed E-state index contributed by atoms with van der Waals surface area (Å²) in [5, 5.41) is 0. The average molecular weight is 251 g/mol. The molecule has 0 amide bonds. The predicted octanol–water partition coefficient (Wildman–Crippen LogP) is 0.346. The first-order chi connectivity index (χ1) is 7.06. The van der Waals surface area contributed by atoms with E-state index in [0.29, 0.717) is 12.0 Å². The Morgan fingerprint density at radius 2 is 1.69 bits per heavy atom. The lowest BCUT2D eigenvalue weighted by molar-refractivity contribution is -0.870. The second kappa shape index (κ2) is 8.43. The normalized spacial score (nSPS) is 10.6. The molecule has 0 aliphatic rings. The van der Waals surface area contributed by atoms with Crippen LogP contribution in [0.2, 0.25) is 0 Å². The van der Waals surface area contributed by atoms with Crippen molar-refractivity contribution in [1.82, 2.24) is 0 Å². The molecule has 0 rings (SSSR count). The second-order valence-electron chi connectivity index (χ2n) is 4.54. The van der Waals surface area contributed by atoms with E-state index in [2.05, 4.69) is 27.7 Å². The Kier molecular flexibility index (Phi) is 9.31. The van der Waals surface area contributed by atoms with Gasteiger partial charge in [0.2, 0.25) is 0 Å². The van der Waals surface area contributed by atoms with Crippen LogP contribution in [0.1, 0.15) is 19.8 Å². The highest BCUT2D eigenvalue weighted by Crippen LogP contribution is 2.02. The van der Waals surface area contributed by atoms with Gasteiger partial charge in [-0.1, -0.05) is 6.58 Å². The summed E-state index contributed by atoms with van der Waals surface area (Å²) in [6, 6.07) is 0. The molecule has 96 valence electrons. The van der Waals surface area contributed by atoms with Gasteiger partial charge in [0.15, 0.2) is 5.78 Å². The molecule has 0 radical (unpaired) electrons. The van der Waals surface area contributed by atoms with Crippen molar-refractivity contribution < 1.29 is 22.2 Å². The van der Waals surface area contributed by atoms with Crippen LogP contribution >= 0.6 is 0 Å². The van der Waals surface area contributed by atoms with Gasteiger partial charge < -0.3 is 9.04 Å². The fourth-order valence-corrected chi connectivity index (χ4v) is 0.927. The maximum absolute atomic E-state index is 11.1. The summed E-state index contributed by atoms with van der Waals surface area (Å²) in [6.45, 7) is 6.43. The van der Waals surface area contributed by atoms with Crippen LogP contribution in [0.25, 0.3) is 0 Å². The third-order valence-corrected chi connectivity index (χ3v) is 1.71. The average Bonchev–Trinajstić information content (AvgIpc) is 2.00. The highest BCUT2D eigenvalue weighted by Gasteiger charge is 2.08. The maximum Gasteiger partial charge on any atom is 0.158 e. The fraction of sp³-hybridized carbons (Fsp3) is 0.700. The lowest BCUT2D eigenvalue weighted by atomic mass is 10.1. The molecule has 0 bridgehead atoms. The van der Waals surface area contributed by atoms with Crippen LogP contribution in [0.3, 0.4) is 0 Å². The van der Waals surface area contributed by atoms with E-state index in [1.54, 1.807) is 6.92 Å². The molecule has 0 aromatic carbocycles. The van der Waals surface area contributed by atoms with Gasteiger partial charge in [-0.05, 0) is 12.5 Å². The Balaban J connectivity index is 0. The summed E-state index contributed by atoms with van der Waals surface area (Å²) in [6.07, 6.45) is 1.60. The molecule has 0 saturated heterocycles. The van der Waals surface area contributed by atoms with Crippen LogP contribution in [0.15, 0.2) is 12.2 Å². The Bertz CT molecular complexity index is 294. The Morgan fingerprint density at radius 1 is 1.31 bits per heavy atom. The molecule has 0 aliphatic carbocycles. The van der Waals surface area contributed by atoms with E-state index in [9.17, 15) is 4.79 Å². The molecule has 5 nitrogen and oxygen atoms in total. The van der Waals surface area contributed by atoms with Crippen LogP contribution in [-0.4, -0.2) is 50.9 Å². The standard InChI is InChI=1S/C10H20NO.H2O3S/c1-9(2)10(12)7-6-8-11(3,4)5;1-4(2)3/h1,6-8H2,2-5H3;4H,(H,1,2,3)/q+1;/p-1. The number of carbonyl (C=O) groups excluding carboxylic acids is 1. The number of Topliss-reactive ketones (excluding diaryl/α,β-unsaturated/α-hetero) is 1. The van der Waals surface area contributed by atoms with E-state index < -0.39 is 11.0 Å². The lowest BCUT2D eigenvalue weighted by Gasteiger charge is -2.23. The van der Waals surface area contributed by atoms with Crippen molar-refractivity contribution in [3.05, 3.63) is 12.2 Å². The monoisotopic (exact) mass is 251 g/mol. The van der Waals surface area contributed by atoms with Crippen molar-refractivity contribution in [2.75, 3.05) is 27.7 Å². The van der Waals surface area contributed by atoms with Gasteiger partial charge in [0.25, 0.3) is 0 Å². The zero-order chi connectivity index (χ0) is 13.4. The van der Waals surface area contributed by atoms with Crippen molar-refractivity contribution in [2.24, 2.45) is 0 Å². The molecule has 0 spiro atoms. The number of allylic oxidation sites excluding steroid dienone is 1. The van der Waals surface area contributed by atoms with Crippen molar-refractivity contribution >= 4 is 16.8 Å². The van der Waals surface area contributed by atoms with Crippen LogP contribution in [0.5, 0.6) is 0 Å². The lowest BCUT2D eigenvalue weighted by Crippen LogP contribution is -2.35. The molecular weight excluding hydrogens is 230 g/mol. The fourth-order valence-electron chi connectivity index (χ4n) is 0.927. The third kappa shape index (κ3) is 18.9. The number of hydrogen-bond donors (Lipinski definition) is 1. The van der Waals surface area contributed by atoms with Crippen LogP contribution in [-0.2, 0) is 15.8 Å². The summed E-state index contributed by atoms with van der Waals surface area (Å²) in [7, 11) is 3.02. The predicted molar refractivity (Wildman–Crippen MR) is 63.0 cm³/mol. The van der Waals surface area contributed by atoms with Gasteiger partial charge in [0, 0.05) is 12.8 Å². The molecule has 16 heavy (non-hydrogen) atoms. The van der Waals surface area contributed by atoms with Crippen LogP contribution in [0.4, 0.5) is 0 Å². The van der Waals surface area contributed by atoms with E-state index in [4.69, 9.17) is 13.0 Å². The molecule has 0 fully saturated rings. The molecule has 0 saturated carbocycles. The van der Waals surface area contributed by atoms with E-state index in [1.807, 2.05) is 0 Å². The summed E-state index contributed by atoms with van der Waals surface area (Å²) in [4.78, 5) is 11.1. The van der Waals surface area contributed by atoms with E-state index in [1.165, 1.54) is 0 Å². The number of thiol groups is 1. The first-order valence-corrected chi connectivity index (χ1v) is 5.96. The summed E-state index contributed by atoms with van der Waals surface area (Å²) < 4.78 is 26.4. The first-order valence-electron chi connectivity index (χ1n) is 4.87. The smallest absolute Gasteiger partial charge is 0.158 e. The zero-order valence-electron chi connectivity index (χ0n) is 10.4. The molecule has 0 aliphatic heterocycles. The van der Waals surface area contributed by atoms with Crippen molar-refractivity contribution in [3.63, 3.8) is 0 Å². The molecule has 0 N–H and O–H groups in total. The number of quaternary nitrogens is 1. The summed E-state index contributed by atoms with van der Waals surface area (Å²) in [5.74, 6) is 0.198. The molecule has 0 atom stereocenters. The van der Waals surface area contributed by atoms with Gasteiger partial charge in [-0.2, -0.15) is 0 Å². The van der Waals surface area contributed by atoms with Gasteiger partial charge in [-0.25, -0.2) is 8.42 Å². The van der Waals surface area contributed by atoms with Gasteiger partial charge in [0.05, 0.1) is 38.7 Å². The van der Waals surface area contributed by atoms with Crippen molar-refractivity contribution in [3.8, 4) is 0 Å². The largest absolute Gasteiger partial charge is 0.750 e. The molecule has 6 heteroatoms. The van der Waals surface area contributed by atoms with Crippen LogP contribution in [0, 0.1) is 0 Å². The van der Waals surface area contributed by atoms with Gasteiger partial charge in [0.1, 0.15) is 0 Å². The van der Waals surface area contributed by atoms with E-state index >= 15 is 0 Å². The van der Waals surface area contributed by atoms with Crippen molar-refractivity contribution in [1.29, 1.82) is 0 Å². The van der Waals surface area contributed by atoms with E-state index in [0.717, 1.165) is 17.4 Å². The highest BCUT2D eigenvalue weighted by molar-refractivity contribution is 7.66. The topological polar surface area (TPSA) is 74.3 Å². The van der Waals surface area contributed by atoms with Gasteiger partial charge in [-0.3, -0.25) is 4.79 Å².